The van der Waals surface area contributed by atoms with Gasteiger partial charge in [0.25, 0.3) is 0 Å². The number of carbonyl (C=O) groups is 1. The minimum absolute atomic E-state index is 0.204. The van der Waals surface area contributed by atoms with Crippen LogP contribution >= 0.6 is 11.8 Å². The third-order valence-electron chi connectivity index (χ3n) is 3.86. The largest absolute Gasteiger partial charge is 0.468 e. The van der Waals surface area contributed by atoms with Gasteiger partial charge in [0.2, 0.25) is 0 Å². The molecule has 0 heterocycles. The van der Waals surface area contributed by atoms with Gasteiger partial charge >= 0.3 is 5.97 Å². The van der Waals surface area contributed by atoms with E-state index in [0.29, 0.717) is 6.42 Å². The fourth-order valence-electron chi connectivity index (χ4n) is 2.77. The maximum absolute atomic E-state index is 13.2. The molecule has 20 heavy (non-hydrogen) atoms. The molecule has 1 aliphatic carbocycles. The number of esters is 1. The molecule has 1 aromatic carbocycles. The second-order valence-corrected chi connectivity index (χ2v) is 6.49. The van der Waals surface area contributed by atoms with Crippen molar-refractivity contribution in [3.05, 3.63) is 30.1 Å². The lowest BCUT2D eigenvalue weighted by molar-refractivity contribution is -0.149. The fraction of sp³-hybridized carbons (Fsp3) is 0.533. The number of rotatable bonds is 4. The van der Waals surface area contributed by atoms with Crippen LogP contribution in [-0.2, 0) is 9.53 Å². The van der Waals surface area contributed by atoms with E-state index in [1.165, 1.54) is 13.2 Å². The van der Waals surface area contributed by atoms with Crippen molar-refractivity contribution in [1.29, 1.82) is 0 Å². The summed E-state index contributed by atoms with van der Waals surface area (Å²) in [6, 6.07) is 6.60. The Labute approximate surface area is 123 Å². The molecule has 1 aromatic rings. The highest BCUT2D eigenvalue weighted by molar-refractivity contribution is 8.00. The Morgan fingerprint density at radius 3 is 3.00 bits per heavy atom. The van der Waals surface area contributed by atoms with E-state index in [0.717, 1.165) is 24.2 Å². The molecule has 5 heteroatoms. The predicted octanol–water partition coefficient (Wildman–Crippen LogP) is 2.99. The van der Waals surface area contributed by atoms with E-state index in [2.05, 4.69) is 5.32 Å². The normalized spacial score (nSPS) is 26.2. The summed E-state index contributed by atoms with van der Waals surface area (Å²) < 4.78 is 18.2. The van der Waals surface area contributed by atoms with Crippen molar-refractivity contribution in [1.82, 2.24) is 5.32 Å². The summed E-state index contributed by atoms with van der Waals surface area (Å²) in [5, 5.41) is 3.42. The van der Waals surface area contributed by atoms with Crippen molar-refractivity contribution < 1.29 is 13.9 Å². The summed E-state index contributed by atoms with van der Waals surface area (Å²) >= 11 is 1.64. The lowest BCUT2D eigenvalue weighted by atomic mass is 9.81. The van der Waals surface area contributed by atoms with Gasteiger partial charge in [0.15, 0.2) is 0 Å². The summed E-state index contributed by atoms with van der Waals surface area (Å²) in [7, 11) is 3.22. The molecule has 1 N–H and O–H groups in total. The number of likely N-dealkylation sites (N-methyl/N-ethyl adjacent to an activating group) is 1. The highest BCUT2D eigenvalue weighted by Crippen LogP contribution is 2.38. The minimum atomic E-state index is -0.599. The van der Waals surface area contributed by atoms with Crippen LogP contribution in [0.5, 0.6) is 0 Å². The van der Waals surface area contributed by atoms with E-state index in [-0.39, 0.29) is 17.0 Å². The van der Waals surface area contributed by atoms with Crippen molar-refractivity contribution in [3.8, 4) is 0 Å². The Bertz CT molecular complexity index is 483. The first-order chi connectivity index (χ1) is 9.59. The highest BCUT2D eigenvalue weighted by atomic mass is 32.2. The molecule has 1 aliphatic rings. The van der Waals surface area contributed by atoms with Crippen LogP contribution in [0.4, 0.5) is 4.39 Å². The van der Waals surface area contributed by atoms with Crippen LogP contribution in [0.1, 0.15) is 25.7 Å². The quantitative estimate of drug-likeness (QED) is 0.867. The monoisotopic (exact) mass is 297 g/mol. The highest BCUT2D eigenvalue weighted by Gasteiger charge is 2.42. The maximum atomic E-state index is 13.2. The van der Waals surface area contributed by atoms with Gasteiger partial charge in [-0.25, -0.2) is 4.39 Å². The first-order valence-corrected chi connectivity index (χ1v) is 7.67. The van der Waals surface area contributed by atoms with Gasteiger partial charge in [-0.2, -0.15) is 0 Å². The van der Waals surface area contributed by atoms with Gasteiger partial charge < -0.3 is 10.1 Å². The van der Waals surface area contributed by atoms with Crippen molar-refractivity contribution >= 4 is 17.7 Å². The number of thioether (sulfide) groups is 1. The molecule has 2 unspecified atom stereocenters. The molecular formula is C15H20FNO2S. The second-order valence-electron chi connectivity index (χ2n) is 5.12. The second kappa shape index (κ2) is 6.59. The average Bonchev–Trinajstić information content (AvgIpc) is 2.46. The number of ether oxygens (including phenoxy) is 1. The summed E-state index contributed by atoms with van der Waals surface area (Å²) in [4.78, 5) is 12.9. The van der Waals surface area contributed by atoms with Gasteiger partial charge in [0, 0.05) is 10.1 Å². The van der Waals surface area contributed by atoms with Crippen LogP contribution in [0.25, 0.3) is 0 Å². The molecule has 1 saturated carbocycles. The van der Waals surface area contributed by atoms with Crippen LogP contribution < -0.4 is 5.32 Å². The van der Waals surface area contributed by atoms with Crippen molar-refractivity contribution in [3.63, 3.8) is 0 Å². The summed E-state index contributed by atoms with van der Waals surface area (Å²) in [5.74, 6) is -0.428. The van der Waals surface area contributed by atoms with E-state index in [1.54, 1.807) is 30.9 Å². The topological polar surface area (TPSA) is 38.3 Å². The Morgan fingerprint density at radius 2 is 2.35 bits per heavy atom. The van der Waals surface area contributed by atoms with Crippen molar-refractivity contribution in [2.45, 2.75) is 41.4 Å². The van der Waals surface area contributed by atoms with E-state index >= 15 is 0 Å². The zero-order chi connectivity index (χ0) is 14.6. The van der Waals surface area contributed by atoms with Gasteiger partial charge in [-0.1, -0.05) is 6.07 Å². The van der Waals surface area contributed by atoms with Gasteiger partial charge in [0.1, 0.15) is 11.4 Å². The summed E-state index contributed by atoms with van der Waals surface area (Å²) in [6.45, 7) is 0. The van der Waals surface area contributed by atoms with Crippen molar-refractivity contribution in [2.75, 3.05) is 14.2 Å². The first kappa shape index (κ1) is 15.3. The maximum Gasteiger partial charge on any atom is 0.326 e. The third-order valence-corrected chi connectivity index (χ3v) is 5.12. The van der Waals surface area contributed by atoms with Crippen LogP contribution in [0.15, 0.2) is 29.2 Å². The molecule has 0 radical (unpaired) electrons. The molecule has 0 aromatic heterocycles. The van der Waals surface area contributed by atoms with Gasteiger partial charge in [-0.15, -0.1) is 11.8 Å². The smallest absolute Gasteiger partial charge is 0.326 e. The van der Waals surface area contributed by atoms with E-state index < -0.39 is 5.54 Å². The number of carbonyl (C=O) groups excluding carboxylic acids is 1. The molecule has 0 saturated heterocycles. The van der Waals surface area contributed by atoms with E-state index in [4.69, 9.17) is 4.74 Å². The number of benzene rings is 1. The zero-order valence-electron chi connectivity index (χ0n) is 11.8. The Hall–Kier alpha value is -1.07. The number of nitrogens with one attached hydrogen (secondary N) is 1. The molecule has 0 spiro atoms. The molecule has 1 fully saturated rings. The number of halogens is 1. The molecule has 0 aliphatic heterocycles. The number of hydrogen-bond acceptors (Lipinski definition) is 4. The van der Waals surface area contributed by atoms with Gasteiger partial charge in [0.05, 0.1) is 7.11 Å². The lowest BCUT2D eigenvalue weighted by Gasteiger charge is -2.38. The Balaban J connectivity index is 2.08. The standard InChI is InChI=1S/C15H20FNO2S/c1-17-15(14(18)19-2)8-4-7-13(10-15)20-12-6-3-5-11(16)9-12/h3,5-6,9,13,17H,4,7-8,10H2,1-2H3. The Morgan fingerprint density at radius 1 is 1.55 bits per heavy atom. The SMILES string of the molecule is CNC1(C(=O)OC)CCCC(Sc2cccc(F)c2)C1. The Kier molecular flexibility index (Phi) is 5.05. The summed E-state index contributed by atoms with van der Waals surface area (Å²) in [6.07, 6.45) is 3.48. The molecule has 0 bridgehead atoms. The fourth-order valence-corrected chi connectivity index (χ4v) is 4.14. The molecular weight excluding hydrogens is 277 g/mol. The van der Waals surface area contributed by atoms with Gasteiger partial charge in [-0.3, -0.25) is 4.79 Å². The van der Waals surface area contributed by atoms with Crippen LogP contribution in [-0.4, -0.2) is 30.9 Å². The summed E-state index contributed by atoms with van der Waals surface area (Å²) in [5.41, 5.74) is -0.599. The first-order valence-electron chi connectivity index (χ1n) is 6.79. The van der Waals surface area contributed by atoms with Crippen LogP contribution in [0.2, 0.25) is 0 Å². The predicted molar refractivity (Wildman–Crippen MR) is 78.3 cm³/mol. The minimum Gasteiger partial charge on any atom is -0.468 e. The number of methoxy groups -OCH3 is 1. The van der Waals surface area contributed by atoms with E-state index in [1.807, 2.05) is 6.07 Å². The molecule has 110 valence electrons. The zero-order valence-corrected chi connectivity index (χ0v) is 12.6. The molecule has 3 nitrogen and oxygen atoms in total. The van der Waals surface area contributed by atoms with Crippen LogP contribution in [0, 0.1) is 5.82 Å². The van der Waals surface area contributed by atoms with Crippen molar-refractivity contribution in [2.24, 2.45) is 0 Å². The van der Waals surface area contributed by atoms with E-state index in [9.17, 15) is 9.18 Å². The lowest BCUT2D eigenvalue weighted by Crippen LogP contribution is -2.54. The van der Waals surface area contributed by atoms with Crippen LogP contribution in [0.3, 0.4) is 0 Å². The van der Waals surface area contributed by atoms with Gasteiger partial charge in [-0.05, 0) is 50.9 Å². The molecule has 2 rings (SSSR count). The molecule has 0 amide bonds. The average molecular weight is 297 g/mol. The number of hydrogen-bond donors (Lipinski definition) is 1. The molecule has 2 atom stereocenters. The third kappa shape index (κ3) is 3.33.